The number of carbonyl (C=O) groups is 1. The number of aromatic nitrogens is 4. The molecule has 2 aromatic rings. The van der Waals surface area contributed by atoms with Gasteiger partial charge in [-0.25, -0.2) is 0 Å². The second-order valence-corrected chi connectivity index (χ2v) is 5.73. The van der Waals surface area contributed by atoms with Crippen molar-refractivity contribution in [2.24, 2.45) is 5.92 Å². The van der Waals surface area contributed by atoms with Crippen molar-refractivity contribution in [2.45, 2.75) is 32.4 Å². The van der Waals surface area contributed by atoms with Crippen molar-refractivity contribution < 1.29 is 4.79 Å². The van der Waals surface area contributed by atoms with E-state index in [1.54, 1.807) is 0 Å². The molecule has 8 heteroatoms. The maximum atomic E-state index is 12.2. The minimum absolute atomic E-state index is 0. The number of halogens is 1. The van der Waals surface area contributed by atoms with Gasteiger partial charge in [-0.2, -0.15) is 5.21 Å². The fourth-order valence-electron chi connectivity index (χ4n) is 2.76. The quantitative estimate of drug-likeness (QED) is 0.782. The maximum Gasteiger partial charge on any atom is 0.223 e. The third-order valence-corrected chi connectivity index (χ3v) is 4.02. The van der Waals surface area contributed by atoms with Crippen LogP contribution in [0.25, 0.3) is 11.4 Å². The summed E-state index contributed by atoms with van der Waals surface area (Å²) in [6.45, 7) is 3.58. The molecule has 23 heavy (non-hydrogen) atoms. The van der Waals surface area contributed by atoms with Gasteiger partial charge in [0.15, 0.2) is 0 Å². The highest BCUT2D eigenvalue weighted by Gasteiger charge is 2.24. The Morgan fingerprint density at radius 3 is 2.78 bits per heavy atom. The summed E-state index contributed by atoms with van der Waals surface area (Å²) < 4.78 is 0. The van der Waals surface area contributed by atoms with E-state index in [0.717, 1.165) is 30.5 Å². The zero-order valence-electron chi connectivity index (χ0n) is 13.0. The Kier molecular flexibility index (Phi) is 6.06. The zero-order chi connectivity index (χ0) is 15.4. The average Bonchev–Trinajstić information content (AvgIpc) is 3.07. The second-order valence-electron chi connectivity index (χ2n) is 5.73. The average molecular weight is 337 g/mol. The van der Waals surface area contributed by atoms with E-state index in [1.165, 1.54) is 0 Å². The molecule has 1 saturated heterocycles. The predicted octanol–water partition coefficient (Wildman–Crippen LogP) is 1.29. The van der Waals surface area contributed by atoms with Crippen LogP contribution in [-0.4, -0.2) is 39.1 Å². The minimum atomic E-state index is 0. The van der Waals surface area contributed by atoms with Crippen LogP contribution in [0.5, 0.6) is 0 Å². The lowest BCUT2D eigenvalue weighted by Gasteiger charge is -2.27. The van der Waals surface area contributed by atoms with Gasteiger partial charge in [-0.3, -0.25) is 4.79 Å². The van der Waals surface area contributed by atoms with Gasteiger partial charge in [-0.15, -0.1) is 22.6 Å². The molecule has 3 rings (SSSR count). The van der Waals surface area contributed by atoms with Crippen LogP contribution < -0.4 is 10.6 Å². The minimum Gasteiger partial charge on any atom is -0.352 e. The second kappa shape index (κ2) is 8.03. The molecule has 0 bridgehead atoms. The van der Waals surface area contributed by atoms with Gasteiger partial charge in [0.25, 0.3) is 0 Å². The molecule has 1 fully saturated rings. The fraction of sp³-hybridized carbons (Fsp3) is 0.467. The summed E-state index contributed by atoms with van der Waals surface area (Å²) >= 11 is 0. The van der Waals surface area contributed by atoms with Crippen LogP contribution in [0.1, 0.15) is 25.3 Å². The molecule has 1 aliphatic heterocycles. The molecule has 1 aromatic carbocycles. The Bertz CT molecular complexity index is 615. The molecule has 124 valence electrons. The van der Waals surface area contributed by atoms with E-state index in [-0.39, 0.29) is 24.2 Å². The largest absolute Gasteiger partial charge is 0.352 e. The van der Waals surface area contributed by atoms with Crippen molar-refractivity contribution >= 4 is 18.3 Å². The zero-order valence-corrected chi connectivity index (χ0v) is 13.8. The lowest BCUT2D eigenvalue weighted by atomic mass is 9.92. The molecule has 1 aromatic heterocycles. The standard InChI is InChI=1S/C15H20N6O.ClH/c1-10-8-13(6-7-16-10)15(22)17-9-11-2-4-12(5-3-11)14-18-20-21-19-14;/h2-5,10,13,16H,6-9H2,1H3,(H,17,22)(H,18,19,20,21);1H/t10-,13-;/m0./s1. The van der Waals surface area contributed by atoms with Crippen LogP contribution in [0.4, 0.5) is 0 Å². The van der Waals surface area contributed by atoms with Crippen LogP contribution in [0, 0.1) is 5.92 Å². The van der Waals surface area contributed by atoms with Crippen LogP contribution in [0.2, 0.25) is 0 Å². The fourth-order valence-corrected chi connectivity index (χ4v) is 2.76. The number of carbonyl (C=O) groups excluding carboxylic acids is 1. The van der Waals surface area contributed by atoms with Gasteiger partial charge < -0.3 is 10.6 Å². The van der Waals surface area contributed by atoms with E-state index < -0.39 is 0 Å². The molecule has 0 unspecified atom stereocenters. The first-order chi connectivity index (χ1) is 10.7. The summed E-state index contributed by atoms with van der Waals surface area (Å²) in [6.07, 6.45) is 1.82. The Balaban J connectivity index is 0.00000192. The number of piperidine rings is 1. The Labute approximate surface area is 141 Å². The summed E-state index contributed by atoms with van der Waals surface area (Å²) in [7, 11) is 0. The van der Waals surface area contributed by atoms with E-state index in [9.17, 15) is 4.79 Å². The Morgan fingerprint density at radius 1 is 1.35 bits per heavy atom. The number of amides is 1. The van der Waals surface area contributed by atoms with E-state index >= 15 is 0 Å². The molecular formula is C15H21ClN6O. The van der Waals surface area contributed by atoms with Gasteiger partial charge in [0.2, 0.25) is 11.7 Å². The predicted molar refractivity (Wildman–Crippen MR) is 88.9 cm³/mol. The van der Waals surface area contributed by atoms with Crippen LogP contribution in [-0.2, 0) is 11.3 Å². The van der Waals surface area contributed by atoms with Gasteiger partial charge in [0, 0.05) is 24.1 Å². The number of nitrogens with zero attached hydrogens (tertiary/aromatic N) is 3. The monoisotopic (exact) mass is 336 g/mol. The van der Waals surface area contributed by atoms with E-state index in [2.05, 4.69) is 38.2 Å². The number of H-pyrrole nitrogens is 1. The molecule has 7 nitrogen and oxygen atoms in total. The summed E-state index contributed by atoms with van der Waals surface area (Å²) in [4.78, 5) is 12.2. The van der Waals surface area contributed by atoms with Crippen molar-refractivity contribution in [3.63, 3.8) is 0 Å². The SMILES string of the molecule is C[C@H]1C[C@@H](C(=O)NCc2ccc(-c3nn[nH]n3)cc2)CCN1.Cl. The van der Waals surface area contributed by atoms with Crippen molar-refractivity contribution in [1.29, 1.82) is 0 Å². The lowest BCUT2D eigenvalue weighted by Crippen LogP contribution is -2.42. The topological polar surface area (TPSA) is 95.6 Å². The highest BCUT2D eigenvalue weighted by molar-refractivity contribution is 5.85. The number of tetrazole rings is 1. The first kappa shape index (κ1) is 17.4. The van der Waals surface area contributed by atoms with E-state index in [0.29, 0.717) is 18.4 Å². The molecule has 1 aliphatic rings. The summed E-state index contributed by atoms with van der Waals surface area (Å²) in [5.41, 5.74) is 1.96. The third-order valence-electron chi connectivity index (χ3n) is 4.02. The molecule has 2 heterocycles. The first-order valence-electron chi connectivity index (χ1n) is 7.56. The molecule has 0 saturated carbocycles. The number of hydrogen-bond donors (Lipinski definition) is 3. The van der Waals surface area contributed by atoms with Gasteiger partial charge in [-0.05, 0) is 37.1 Å². The van der Waals surface area contributed by atoms with Crippen molar-refractivity contribution in [3.05, 3.63) is 29.8 Å². The molecule has 0 spiro atoms. The Morgan fingerprint density at radius 2 is 2.13 bits per heavy atom. The third kappa shape index (κ3) is 4.49. The maximum absolute atomic E-state index is 12.2. The van der Waals surface area contributed by atoms with Crippen molar-refractivity contribution in [3.8, 4) is 11.4 Å². The number of rotatable bonds is 4. The van der Waals surface area contributed by atoms with Crippen molar-refractivity contribution in [1.82, 2.24) is 31.3 Å². The molecular weight excluding hydrogens is 316 g/mol. The molecule has 3 N–H and O–H groups in total. The highest BCUT2D eigenvalue weighted by Crippen LogP contribution is 2.17. The van der Waals surface area contributed by atoms with Crippen LogP contribution in [0.15, 0.2) is 24.3 Å². The smallest absolute Gasteiger partial charge is 0.223 e. The number of benzene rings is 1. The van der Waals surface area contributed by atoms with Crippen LogP contribution >= 0.6 is 12.4 Å². The molecule has 2 atom stereocenters. The highest BCUT2D eigenvalue weighted by atomic mass is 35.5. The molecule has 0 radical (unpaired) electrons. The van der Waals surface area contributed by atoms with Gasteiger partial charge in [0.1, 0.15) is 0 Å². The summed E-state index contributed by atoms with van der Waals surface area (Å²) in [5.74, 6) is 0.838. The normalized spacial score (nSPS) is 20.6. The van der Waals surface area contributed by atoms with E-state index in [1.807, 2.05) is 24.3 Å². The van der Waals surface area contributed by atoms with Gasteiger partial charge in [0.05, 0.1) is 0 Å². The number of aromatic amines is 1. The lowest BCUT2D eigenvalue weighted by molar-refractivity contribution is -0.126. The van der Waals surface area contributed by atoms with Crippen LogP contribution in [0.3, 0.4) is 0 Å². The van der Waals surface area contributed by atoms with Gasteiger partial charge in [-0.1, -0.05) is 24.3 Å². The van der Waals surface area contributed by atoms with Crippen molar-refractivity contribution in [2.75, 3.05) is 6.54 Å². The summed E-state index contributed by atoms with van der Waals surface area (Å²) in [5, 5.41) is 20.2. The molecule has 0 aliphatic carbocycles. The number of nitrogens with one attached hydrogen (secondary N) is 3. The van der Waals surface area contributed by atoms with Gasteiger partial charge >= 0.3 is 0 Å². The number of hydrogen-bond acceptors (Lipinski definition) is 5. The first-order valence-corrected chi connectivity index (χ1v) is 7.56. The Hall–Kier alpha value is -1.99. The summed E-state index contributed by atoms with van der Waals surface area (Å²) in [6, 6.07) is 8.21. The van der Waals surface area contributed by atoms with E-state index in [4.69, 9.17) is 0 Å². The molecule has 1 amide bonds.